The summed E-state index contributed by atoms with van der Waals surface area (Å²) in [6, 6.07) is 17.3. The SMILES string of the molecule is C=CCOc1ccc(NC(=O)/C(=C/c2cccs2)NC(=O)c2ccc(OC)cc2)cc1. The van der Waals surface area contributed by atoms with Crippen molar-refractivity contribution in [1.82, 2.24) is 5.32 Å². The molecule has 0 aliphatic carbocycles. The van der Waals surface area contributed by atoms with E-state index in [2.05, 4.69) is 17.2 Å². The van der Waals surface area contributed by atoms with E-state index < -0.39 is 11.8 Å². The Morgan fingerprint density at radius 3 is 2.35 bits per heavy atom. The summed E-state index contributed by atoms with van der Waals surface area (Å²) in [6.07, 6.45) is 3.30. The lowest BCUT2D eigenvalue weighted by Crippen LogP contribution is -2.30. The van der Waals surface area contributed by atoms with Crippen LogP contribution in [0.15, 0.2) is 84.4 Å². The van der Waals surface area contributed by atoms with Gasteiger partial charge in [0.15, 0.2) is 0 Å². The van der Waals surface area contributed by atoms with Gasteiger partial charge in [0, 0.05) is 16.1 Å². The van der Waals surface area contributed by atoms with Gasteiger partial charge in [-0.2, -0.15) is 0 Å². The van der Waals surface area contributed by atoms with Crippen LogP contribution in [-0.2, 0) is 4.79 Å². The molecule has 0 atom stereocenters. The van der Waals surface area contributed by atoms with E-state index in [9.17, 15) is 9.59 Å². The first-order valence-corrected chi connectivity index (χ1v) is 10.3. The average Bonchev–Trinajstić information content (AvgIpc) is 3.31. The van der Waals surface area contributed by atoms with Crippen molar-refractivity contribution in [1.29, 1.82) is 0 Å². The van der Waals surface area contributed by atoms with Crippen LogP contribution in [0.1, 0.15) is 15.2 Å². The van der Waals surface area contributed by atoms with Crippen molar-refractivity contribution >= 4 is 34.9 Å². The molecule has 3 rings (SSSR count). The maximum absolute atomic E-state index is 12.9. The van der Waals surface area contributed by atoms with Gasteiger partial charge < -0.3 is 20.1 Å². The van der Waals surface area contributed by atoms with E-state index in [1.165, 1.54) is 11.3 Å². The van der Waals surface area contributed by atoms with E-state index in [0.29, 0.717) is 29.4 Å². The molecular weight excluding hydrogens is 412 g/mol. The molecule has 0 saturated heterocycles. The van der Waals surface area contributed by atoms with Crippen LogP contribution in [0.25, 0.3) is 6.08 Å². The number of benzene rings is 2. The molecule has 0 aliphatic rings. The molecule has 0 spiro atoms. The van der Waals surface area contributed by atoms with Gasteiger partial charge in [-0.05, 0) is 66.1 Å². The number of methoxy groups -OCH3 is 1. The molecule has 1 heterocycles. The topological polar surface area (TPSA) is 76.7 Å². The number of carbonyl (C=O) groups is 2. The van der Waals surface area contributed by atoms with Crippen LogP contribution >= 0.6 is 11.3 Å². The van der Waals surface area contributed by atoms with Crippen LogP contribution in [-0.4, -0.2) is 25.5 Å². The zero-order chi connectivity index (χ0) is 22.1. The maximum Gasteiger partial charge on any atom is 0.272 e. The molecule has 3 aromatic rings. The summed E-state index contributed by atoms with van der Waals surface area (Å²) in [5.41, 5.74) is 1.12. The van der Waals surface area contributed by atoms with Gasteiger partial charge in [-0.3, -0.25) is 9.59 Å². The summed E-state index contributed by atoms with van der Waals surface area (Å²) in [5, 5.41) is 7.41. The number of rotatable bonds is 9. The first-order valence-electron chi connectivity index (χ1n) is 9.45. The van der Waals surface area contributed by atoms with Gasteiger partial charge in [0.1, 0.15) is 23.8 Å². The van der Waals surface area contributed by atoms with Crippen molar-refractivity contribution in [2.45, 2.75) is 0 Å². The van der Waals surface area contributed by atoms with Gasteiger partial charge in [-0.15, -0.1) is 11.3 Å². The number of thiophene rings is 1. The molecule has 0 bridgehead atoms. The van der Waals surface area contributed by atoms with Gasteiger partial charge >= 0.3 is 0 Å². The van der Waals surface area contributed by atoms with E-state index in [0.717, 1.165) is 4.88 Å². The average molecular weight is 435 g/mol. The minimum Gasteiger partial charge on any atom is -0.497 e. The number of anilines is 1. The lowest BCUT2D eigenvalue weighted by molar-refractivity contribution is -0.113. The summed E-state index contributed by atoms with van der Waals surface area (Å²) in [6.45, 7) is 4.01. The Labute approximate surface area is 184 Å². The molecule has 0 saturated carbocycles. The molecule has 1 aromatic heterocycles. The van der Waals surface area contributed by atoms with Crippen molar-refractivity contribution in [3.8, 4) is 11.5 Å². The van der Waals surface area contributed by atoms with Gasteiger partial charge in [0.05, 0.1) is 7.11 Å². The Bertz CT molecular complexity index is 1060. The minimum atomic E-state index is -0.435. The Morgan fingerprint density at radius 2 is 1.74 bits per heavy atom. The van der Waals surface area contributed by atoms with E-state index >= 15 is 0 Å². The molecule has 0 aliphatic heterocycles. The first kappa shape index (κ1) is 21.9. The fourth-order valence-electron chi connectivity index (χ4n) is 2.60. The molecule has 0 fully saturated rings. The molecule has 158 valence electrons. The molecule has 0 unspecified atom stereocenters. The predicted molar refractivity (Wildman–Crippen MR) is 124 cm³/mol. The van der Waals surface area contributed by atoms with Crippen molar-refractivity contribution < 1.29 is 19.1 Å². The monoisotopic (exact) mass is 434 g/mol. The molecule has 2 amide bonds. The van der Waals surface area contributed by atoms with Gasteiger partial charge in [0.25, 0.3) is 11.8 Å². The quantitative estimate of drug-likeness (QED) is 0.377. The normalized spacial score (nSPS) is 10.8. The Morgan fingerprint density at radius 1 is 1.03 bits per heavy atom. The summed E-state index contributed by atoms with van der Waals surface area (Å²) < 4.78 is 10.6. The predicted octanol–water partition coefficient (Wildman–Crippen LogP) is 4.73. The second-order valence-electron chi connectivity index (χ2n) is 6.33. The highest BCUT2D eigenvalue weighted by atomic mass is 32.1. The fourth-order valence-corrected chi connectivity index (χ4v) is 3.26. The smallest absolute Gasteiger partial charge is 0.272 e. The summed E-state index contributed by atoms with van der Waals surface area (Å²) >= 11 is 1.46. The highest BCUT2D eigenvalue weighted by Crippen LogP contribution is 2.18. The van der Waals surface area contributed by atoms with Crippen molar-refractivity contribution in [3.05, 3.63) is 94.8 Å². The third-order valence-electron chi connectivity index (χ3n) is 4.15. The second-order valence-corrected chi connectivity index (χ2v) is 7.31. The van der Waals surface area contributed by atoms with Crippen molar-refractivity contribution in [3.63, 3.8) is 0 Å². The molecule has 31 heavy (non-hydrogen) atoms. The van der Waals surface area contributed by atoms with E-state index in [-0.39, 0.29) is 5.70 Å². The molecule has 7 heteroatoms. The zero-order valence-electron chi connectivity index (χ0n) is 17.0. The number of nitrogens with one attached hydrogen (secondary N) is 2. The van der Waals surface area contributed by atoms with Crippen LogP contribution in [0.5, 0.6) is 11.5 Å². The molecule has 6 nitrogen and oxygen atoms in total. The Kier molecular flexibility index (Phi) is 7.61. The highest BCUT2D eigenvalue weighted by Gasteiger charge is 2.15. The first-order chi connectivity index (χ1) is 15.1. The van der Waals surface area contributed by atoms with Gasteiger partial charge in [-0.25, -0.2) is 0 Å². The fraction of sp³-hybridized carbons (Fsp3) is 0.0833. The molecule has 2 aromatic carbocycles. The molecule has 0 radical (unpaired) electrons. The van der Waals surface area contributed by atoms with E-state index in [4.69, 9.17) is 9.47 Å². The summed E-state index contributed by atoms with van der Waals surface area (Å²) in [5.74, 6) is 0.480. The van der Waals surface area contributed by atoms with Crippen LogP contribution < -0.4 is 20.1 Å². The number of hydrogen-bond acceptors (Lipinski definition) is 5. The van der Waals surface area contributed by atoms with Crippen LogP contribution in [0.2, 0.25) is 0 Å². The van der Waals surface area contributed by atoms with Crippen LogP contribution in [0.4, 0.5) is 5.69 Å². The number of amides is 2. The maximum atomic E-state index is 12.9. The lowest BCUT2D eigenvalue weighted by atomic mass is 10.2. The Hall–Kier alpha value is -3.84. The lowest BCUT2D eigenvalue weighted by Gasteiger charge is -2.12. The molecular formula is C24H22N2O4S. The number of ether oxygens (including phenoxy) is 2. The van der Waals surface area contributed by atoms with Crippen molar-refractivity contribution in [2.24, 2.45) is 0 Å². The molecule has 2 N–H and O–H groups in total. The zero-order valence-corrected chi connectivity index (χ0v) is 17.8. The van der Waals surface area contributed by atoms with Crippen LogP contribution in [0.3, 0.4) is 0 Å². The van der Waals surface area contributed by atoms with Gasteiger partial charge in [0.2, 0.25) is 0 Å². The largest absolute Gasteiger partial charge is 0.497 e. The third-order valence-corrected chi connectivity index (χ3v) is 4.97. The van der Waals surface area contributed by atoms with E-state index in [1.807, 2.05) is 17.5 Å². The van der Waals surface area contributed by atoms with E-state index in [1.54, 1.807) is 67.8 Å². The number of hydrogen-bond donors (Lipinski definition) is 2. The minimum absolute atomic E-state index is 0.134. The van der Waals surface area contributed by atoms with Crippen LogP contribution in [0, 0.1) is 0 Å². The second kappa shape index (κ2) is 10.8. The summed E-state index contributed by atoms with van der Waals surface area (Å²) in [7, 11) is 1.55. The third kappa shape index (κ3) is 6.32. The summed E-state index contributed by atoms with van der Waals surface area (Å²) in [4.78, 5) is 26.4. The van der Waals surface area contributed by atoms with Crippen molar-refractivity contribution in [2.75, 3.05) is 19.0 Å². The number of carbonyl (C=O) groups excluding carboxylic acids is 2. The Balaban J connectivity index is 1.75. The van der Waals surface area contributed by atoms with Gasteiger partial charge in [-0.1, -0.05) is 18.7 Å². The standard InChI is InChI=1S/C24H22N2O4S/c1-3-14-30-20-12-8-18(9-13-20)25-24(28)22(16-21-5-4-15-31-21)26-23(27)17-6-10-19(29-2)11-7-17/h3-13,15-16H,1,14H2,2H3,(H,25,28)(H,26,27)/b22-16-. The highest BCUT2D eigenvalue weighted by molar-refractivity contribution is 7.10.